The summed E-state index contributed by atoms with van der Waals surface area (Å²) < 4.78 is 5.39. The highest BCUT2D eigenvalue weighted by molar-refractivity contribution is 5.76. The second kappa shape index (κ2) is 9.32. The van der Waals surface area contributed by atoms with Crippen LogP contribution in [0, 0.1) is 6.92 Å². The van der Waals surface area contributed by atoms with E-state index in [1.54, 1.807) is 0 Å². The van der Waals surface area contributed by atoms with E-state index in [-0.39, 0.29) is 5.91 Å². The third-order valence-electron chi connectivity index (χ3n) is 5.20. The van der Waals surface area contributed by atoms with Crippen LogP contribution in [-0.2, 0) is 16.0 Å². The number of amides is 1. The van der Waals surface area contributed by atoms with Crippen molar-refractivity contribution >= 4 is 5.91 Å². The Hall–Kier alpha value is -1.43. The minimum absolute atomic E-state index is 0.182. The standard InChI is InChI=1S/C20H31N3O2/c1-17-3-2-4-18(15-17)5-6-20(24)21-19-7-8-23(16-19)10-9-22-11-13-25-14-12-22/h2-4,15,19H,5-14,16H2,1H3,(H,21,24). The van der Waals surface area contributed by atoms with Crippen molar-refractivity contribution in [3.8, 4) is 0 Å². The molecule has 0 spiro atoms. The lowest BCUT2D eigenvalue weighted by Gasteiger charge is -2.28. The van der Waals surface area contributed by atoms with Crippen molar-refractivity contribution in [3.05, 3.63) is 35.4 Å². The first-order chi connectivity index (χ1) is 12.2. The zero-order chi connectivity index (χ0) is 17.5. The summed E-state index contributed by atoms with van der Waals surface area (Å²) in [5, 5.41) is 3.22. The average molecular weight is 345 g/mol. The maximum atomic E-state index is 12.2. The molecule has 1 N–H and O–H groups in total. The van der Waals surface area contributed by atoms with Crippen LogP contribution in [0.1, 0.15) is 24.0 Å². The summed E-state index contributed by atoms with van der Waals surface area (Å²) in [5.41, 5.74) is 2.50. The lowest BCUT2D eigenvalue weighted by atomic mass is 10.1. The first-order valence-electron chi connectivity index (χ1n) is 9.56. The van der Waals surface area contributed by atoms with Gasteiger partial charge in [-0.1, -0.05) is 29.8 Å². The molecule has 25 heavy (non-hydrogen) atoms. The Kier molecular flexibility index (Phi) is 6.84. The predicted octanol–water partition coefficient (Wildman–Crippen LogP) is 1.45. The van der Waals surface area contributed by atoms with Crippen LogP contribution in [0.3, 0.4) is 0 Å². The molecule has 1 aromatic rings. The van der Waals surface area contributed by atoms with E-state index in [0.29, 0.717) is 12.5 Å². The number of morpholine rings is 1. The third-order valence-corrected chi connectivity index (χ3v) is 5.20. The number of nitrogens with one attached hydrogen (secondary N) is 1. The molecule has 1 amide bonds. The monoisotopic (exact) mass is 345 g/mol. The first-order valence-corrected chi connectivity index (χ1v) is 9.56. The van der Waals surface area contributed by atoms with E-state index in [1.165, 1.54) is 11.1 Å². The van der Waals surface area contributed by atoms with E-state index in [0.717, 1.165) is 65.3 Å². The number of ether oxygens (including phenoxy) is 1. The Morgan fingerprint density at radius 1 is 1.20 bits per heavy atom. The Morgan fingerprint density at radius 2 is 2.00 bits per heavy atom. The topological polar surface area (TPSA) is 44.8 Å². The molecule has 1 atom stereocenters. The number of hydrogen-bond donors (Lipinski definition) is 1. The maximum absolute atomic E-state index is 12.2. The van der Waals surface area contributed by atoms with E-state index in [2.05, 4.69) is 46.3 Å². The molecule has 0 aliphatic carbocycles. The van der Waals surface area contributed by atoms with Gasteiger partial charge in [0.15, 0.2) is 0 Å². The third kappa shape index (κ3) is 6.10. The van der Waals surface area contributed by atoms with Gasteiger partial charge in [0.05, 0.1) is 13.2 Å². The summed E-state index contributed by atoms with van der Waals surface area (Å²) in [5.74, 6) is 0.182. The number of carbonyl (C=O) groups is 1. The van der Waals surface area contributed by atoms with Gasteiger partial charge in [-0.15, -0.1) is 0 Å². The van der Waals surface area contributed by atoms with E-state index in [4.69, 9.17) is 4.74 Å². The highest BCUT2D eigenvalue weighted by Gasteiger charge is 2.24. The summed E-state index contributed by atoms with van der Waals surface area (Å²) in [4.78, 5) is 17.2. The molecule has 3 rings (SSSR count). The van der Waals surface area contributed by atoms with Crippen LogP contribution in [0.5, 0.6) is 0 Å². The van der Waals surface area contributed by atoms with Gasteiger partial charge in [0.25, 0.3) is 0 Å². The fourth-order valence-electron chi connectivity index (χ4n) is 3.69. The fourth-order valence-corrected chi connectivity index (χ4v) is 3.69. The van der Waals surface area contributed by atoms with Crippen LogP contribution in [-0.4, -0.2) is 74.2 Å². The van der Waals surface area contributed by atoms with Crippen LogP contribution in [0.25, 0.3) is 0 Å². The lowest BCUT2D eigenvalue weighted by Crippen LogP contribution is -2.42. The van der Waals surface area contributed by atoms with Crippen LogP contribution >= 0.6 is 0 Å². The van der Waals surface area contributed by atoms with E-state index >= 15 is 0 Å². The Bertz CT molecular complexity index is 558. The lowest BCUT2D eigenvalue weighted by molar-refractivity contribution is -0.121. The van der Waals surface area contributed by atoms with Gasteiger partial charge < -0.3 is 10.1 Å². The maximum Gasteiger partial charge on any atom is 0.220 e. The van der Waals surface area contributed by atoms with Gasteiger partial charge in [-0.3, -0.25) is 14.6 Å². The van der Waals surface area contributed by atoms with E-state index in [9.17, 15) is 4.79 Å². The number of benzene rings is 1. The van der Waals surface area contributed by atoms with Crippen LogP contribution < -0.4 is 5.32 Å². The molecule has 2 fully saturated rings. The highest BCUT2D eigenvalue weighted by Crippen LogP contribution is 2.11. The molecule has 1 unspecified atom stereocenters. The molecule has 2 aliphatic heterocycles. The molecular formula is C20H31N3O2. The largest absolute Gasteiger partial charge is 0.379 e. The van der Waals surface area contributed by atoms with Crippen LogP contribution in [0.4, 0.5) is 0 Å². The molecule has 0 saturated carbocycles. The van der Waals surface area contributed by atoms with Crippen LogP contribution in [0.15, 0.2) is 24.3 Å². The normalized spacial score (nSPS) is 22.2. The van der Waals surface area contributed by atoms with Gasteiger partial charge in [-0.2, -0.15) is 0 Å². The molecule has 0 bridgehead atoms. The van der Waals surface area contributed by atoms with Gasteiger partial charge in [-0.25, -0.2) is 0 Å². The smallest absolute Gasteiger partial charge is 0.220 e. The molecule has 0 radical (unpaired) electrons. The molecule has 2 saturated heterocycles. The number of rotatable bonds is 7. The predicted molar refractivity (Wildman–Crippen MR) is 99.7 cm³/mol. The molecular weight excluding hydrogens is 314 g/mol. The summed E-state index contributed by atoms with van der Waals surface area (Å²) in [7, 11) is 0. The molecule has 1 aromatic carbocycles. The zero-order valence-electron chi connectivity index (χ0n) is 15.4. The van der Waals surface area contributed by atoms with Crippen LogP contribution in [0.2, 0.25) is 0 Å². The van der Waals surface area contributed by atoms with Gasteiger partial charge >= 0.3 is 0 Å². The van der Waals surface area contributed by atoms with E-state index in [1.807, 2.05) is 0 Å². The molecule has 2 heterocycles. The fraction of sp³-hybridized carbons (Fsp3) is 0.650. The molecule has 138 valence electrons. The van der Waals surface area contributed by atoms with Gasteiger partial charge in [0.2, 0.25) is 5.91 Å². The average Bonchev–Trinajstić information content (AvgIpc) is 3.06. The van der Waals surface area contributed by atoms with E-state index < -0.39 is 0 Å². The summed E-state index contributed by atoms with van der Waals surface area (Å²) in [6.45, 7) is 10.2. The quantitative estimate of drug-likeness (QED) is 0.812. The molecule has 5 heteroatoms. The summed E-state index contributed by atoms with van der Waals surface area (Å²) in [6.07, 6.45) is 2.47. The van der Waals surface area contributed by atoms with Crippen molar-refractivity contribution in [2.75, 3.05) is 52.5 Å². The SMILES string of the molecule is Cc1cccc(CCC(=O)NC2CCN(CCN3CCOCC3)C2)c1. The van der Waals surface area contributed by atoms with Crippen molar-refractivity contribution in [1.29, 1.82) is 0 Å². The molecule has 2 aliphatic rings. The number of likely N-dealkylation sites (tertiary alicyclic amines) is 1. The number of aryl methyl sites for hydroxylation is 2. The highest BCUT2D eigenvalue weighted by atomic mass is 16.5. The summed E-state index contributed by atoms with van der Waals surface area (Å²) >= 11 is 0. The molecule has 0 aromatic heterocycles. The minimum atomic E-state index is 0.182. The first kappa shape index (κ1) is 18.4. The van der Waals surface area contributed by atoms with Crippen molar-refractivity contribution in [2.45, 2.75) is 32.2 Å². The summed E-state index contributed by atoms with van der Waals surface area (Å²) in [6, 6.07) is 8.73. The van der Waals surface area contributed by atoms with Crippen molar-refractivity contribution in [1.82, 2.24) is 15.1 Å². The number of carbonyl (C=O) groups excluding carboxylic acids is 1. The van der Waals surface area contributed by atoms with Crippen molar-refractivity contribution in [3.63, 3.8) is 0 Å². The van der Waals surface area contributed by atoms with Gasteiger partial charge in [0, 0.05) is 51.7 Å². The Balaban J connectivity index is 1.32. The van der Waals surface area contributed by atoms with Crippen molar-refractivity contribution < 1.29 is 9.53 Å². The zero-order valence-corrected chi connectivity index (χ0v) is 15.4. The second-order valence-corrected chi connectivity index (χ2v) is 7.30. The molecule has 5 nitrogen and oxygen atoms in total. The van der Waals surface area contributed by atoms with Gasteiger partial charge in [0.1, 0.15) is 0 Å². The second-order valence-electron chi connectivity index (χ2n) is 7.30. The number of nitrogens with zero attached hydrogens (tertiary/aromatic N) is 2. The van der Waals surface area contributed by atoms with Crippen molar-refractivity contribution in [2.24, 2.45) is 0 Å². The van der Waals surface area contributed by atoms with Gasteiger partial charge in [-0.05, 0) is 25.3 Å². The number of hydrogen-bond acceptors (Lipinski definition) is 4. The Labute approximate surface area is 151 Å². The Morgan fingerprint density at radius 3 is 2.80 bits per heavy atom. The minimum Gasteiger partial charge on any atom is -0.379 e.